The number of esters is 1. The fourth-order valence-electron chi connectivity index (χ4n) is 2.92. The van der Waals surface area contributed by atoms with E-state index >= 15 is 0 Å². The Bertz CT molecular complexity index is 754. The molecule has 142 valence electrons. The predicted molar refractivity (Wildman–Crippen MR) is 99.4 cm³/mol. The minimum atomic E-state index is -0.949. The smallest absolute Gasteiger partial charge is 0.311 e. The molecular formula is C21H23NO5. The number of benzene rings is 2. The number of ether oxygens (including phenoxy) is 3. The van der Waals surface area contributed by atoms with Crippen LogP contribution in [-0.2, 0) is 25.5 Å². The lowest BCUT2D eigenvalue weighted by atomic mass is 10.1. The molecule has 1 atom stereocenters. The number of carbonyl (C=O) groups excluding carboxylic acids is 2. The third kappa shape index (κ3) is 5.08. The first kappa shape index (κ1) is 18.9. The second-order valence-electron chi connectivity index (χ2n) is 6.24. The summed E-state index contributed by atoms with van der Waals surface area (Å²) in [6, 6.07) is 16.3. The average Bonchev–Trinajstić information content (AvgIpc) is 2.73. The second-order valence-corrected chi connectivity index (χ2v) is 6.24. The third-order valence-electron chi connectivity index (χ3n) is 4.41. The normalized spacial score (nSPS) is 15.1. The number of nitrogens with zero attached hydrogens (tertiary/aromatic N) is 1. The van der Waals surface area contributed by atoms with Crippen LogP contribution in [0.3, 0.4) is 0 Å². The molecule has 0 saturated carbocycles. The highest BCUT2D eigenvalue weighted by Gasteiger charge is 2.30. The molecule has 27 heavy (non-hydrogen) atoms. The van der Waals surface area contributed by atoms with Crippen LogP contribution in [0.5, 0.6) is 5.75 Å². The largest absolute Gasteiger partial charge is 0.497 e. The monoisotopic (exact) mass is 369 g/mol. The summed E-state index contributed by atoms with van der Waals surface area (Å²) in [5.74, 6) is 0.0555. The molecule has 1 amide bonds. The van der Waals surface area contributed by atoms with Gasteiger partial charge in [0.05, 0.1) is 26.7 Å². The van der Waals surface area contributed by atoms with Gasteiger partial charge in [-0.05, 0) is 17.7 Å². The Hall–Kier alpha value is -2.86. The highest BCUT2D eigenvalue weighted by Crippen LogP contribution is 2.22. The molecule has 1 aliphatic rings. The van der Waals surface area contributed by atoms with Crippen molar-refractivity contribution in [2.24, 2.45) is 0 Å². The first-order valence-corrected chi connectivity index (χ1v) is 8.91. The van der Waals surface area contributed by atoms with E-state index in [9.17, 15) is 9.59 Å². The Labute approximate surface area is 158 Å². The van der Waals surface area contributed by atoms with Crippen LogP contribution in [0.25, 0.3) is 0 Å². The van der Waals surface area contributed by atoms with Gasteiger partial charge in [-0.1, -0.05) is 42.5 Å². The molecule has 2 aromatic carbocycles. The number of methoxy groups -OCH3 is 1. The van der Waals surface area contributed by atoms with Gasteiger partial charge in [0.25, 0.3) is 5.91 Å². The average molecular weight is 369 g/mol. The molecule has 0 unspecified atom stereocenters. The fraction of sp³-hybridized carbons (Fsp3) is 0.333. The predicted octanol–water partition coefficient (Wildman–Crippen LogP) is 2.38. The SMILES string of the molecule is COc1ccc(CC(=O)O[C@@H](C(=O)N2CCOCC2)c2ccccc2)cc1. The van der Waals surface area contributed by atoms with Crippen molar-refractivity contribution in [2.45, 2.75) is 12.5 Å². The first-order valence-electron chi connectivity index (χ1n) is 8.91. The van der Waals surface area contributed by atoms with Crippen LogP contribution in [0.15, 0.2) is 54.6 Å². The molecular weight excluding hydrogens is 346 g/mol. The van der Waals surface area contributed by atoms with Gasteiger partial charge in [-0.15, -0.1) is 0 Å². The van der Waals surface area contributed by atoms with Gasteiger partial charge in [0.2, 0.25) is 6.10 Å². The summed E-state index contributed by atoms with van der Waals surface area (Å²) < 4.78 is 16.0. The van der Waals surface area contributed by atoms with Crippen molar-refractivity contribution in [1.82, 2.24) is 4.90 Å². The molecule has 0 spiro atoms. The van der Waals surface area contributed by atoms with E-state index in [2.05, 4.69) is 0 Å². The maximum Gasteiger partial charge on any atom is 0.311 e. The maximum atomic E-state index is 12.9. The molecule has 3 rings (SSSR count). The molecule has 0 radical (unpaired) electrons. The summed E-state index contributed by atoms with van der Waals surface area (Å²) in [6.07, 6.45) is -0.862. The van der Waals surface area contributed by atoms with Crippen LogP contribution in [0.1, 0.15) is 17.2 Å². The van der Waals surface area contributed by atoms with E-state index in [4.69, 9.17) is 14.2 Å². The molecule has 0 aromatic heterocycles. The molecule has 6 heteroatoms. The van der Waals surface area contributed by atoms with Crippen molar-refractivity contribution >= 4 is 11.9 Å². The zero-order chi connectivity index (χ0) is 19.1. The van der Waals surface area contributed by atoms with Crippen molar-refractivity contribution in [3.8, 4) is 5.75 Å². The number of hydrogen-bond donors (Lipinski definition) is 0. The standard InChI is InChI=1S/C21H23NO5/c1-25-18-9-7-16(8-10-18)15-19(23)27-20(17-5-3-2-4-6-17)21(24)22-11-13-26-14-12-22/h2-10,20H,11-15H2,1H3/t20-/m1/s1. The Morgan fingerprint density at radius 1 is 1.04 bits per heavy atom. The van der Waals surface area contributed by atoms with Gasteiger partial charge in [-0.2, -0.15) is 0 Å². The van der Waals surface area contributed by atoms with Gasteiger partial charge in [-0.25, -0.2) is 0 Å². The quantitative estimate of drug-likeness (QED) is 0.732. The number of hydrogen-bond acceptors (Lipinski definition) is 5. The lowest BCUT2D eigenvalue weighted by Gasteiger charge is -2.30. The van der Waals surface area contributed by atoms with E-state index in [-0.39, 0.29) is 12.3 Å². The van der Waals surface area contributed by atoms with Crippen LogP contribution in [-0.4, -0.2) is 50.2 Å². The minimum Gasteiger partial charge on any atom is -0.497 e. The molecule has 0 N–H and O–H groups in total. The number of amides is 1. The van der Waals surface area contributed by atoms with E-state index < -0.39 is 12.1 Å². The first-order chi connectivity index (χ1) is 13.2. The van der Waals surface area contributed by atoms with Gasteiger partial charge in [0, 0.05) is 18.7 Å². The van der Waals surface area contributed by atoms with Crippen LogP contribution in [0.4, 0.5) is 0 Å². The highest BCUT2D eigenvalue weighted by atomic mass is 16.5. The van der Waals surface area contributed by atoms with Crippen molar-refractivity contribution < 1.29 is 23.8 Å². The van der Waals surface area contributed by atoms with Gasteiger partial charge in [0.15, 0.2) is 0 Å². The molecule has 0 aliphatic carbocycles. The van der Waals surface area contributed by atoms with Crippen molar-refractivity contribution in [3.63, 3.8) is 0 Å². The van der Waals surface area contributed by atoms with E-state index in [1.165, 1.54) is 0 Å². The van der Waals surface area contributed by atoms with Crippen molar-refractivity contribution in [2.75, 3.05) is 33.4 Å². The topological polar surface area (TPSA) is 65.1 Å². The summed E-state index contributed by atoms with van der Waals surface area (Å²) in [5.41, 5.74) is 1.46. The van der Waals surface area contributed by atoms with Gasteiger partial charge in [-0.3, -0.25) is 9.59 Å². The fourth-order valence-corrected chi connectivity index (χ4v) is 2.92. The number of morpholine rings is 1. The molecule has 1 aliphatic heterocycles. The summed E-state index contributed by atoms with van der Waals surface area (Å²) in [5, 5.41) is 0. The highest BCUT2D eigenvalue weighted by molar-refractivity contribution is 5.85. The maximum absolute atomic E-state index is 12.9. The van der Waals surface area contributed by atoms with Gasteiger partial charge < -0.3 is 19.1 Å². The molecule has 1 heterocycles. The minimum absolute atomic E-state index is 0.0870. The van der Waals surface area contributed by atoms with Gasteiger partial charge in [0.1, 0.15) is 5.75 Å². The van der Waals surface area contributed by atoms with Crippen molar-refractivity contribution in [1.29, 1.82) is 0 Å². The summed E-state index contributed by atoms with van der Waals surface area (Å²) in [4.78, 5) is 27.1. The van der Waals surface area contributed by atoms with Gasteiger partial charge >= 0.3 is 5.97 Å². The van der Waals surface area contributed by atoms with Crippen LogP contribution < -0.4 is 4.74 Å². The number of rotatable bonds is 6. The second kappa shape index (κ2) is 9.19. The zero-order valence-corrected chi connectivity index (χ0v) is 15.3. The lowest BCUT2D eigenvalue weighted by Crippen LogP contribution is -2.44. The Morgan fingerprint density at radius 2 is 1.70 bits per heavy atom. The summed E-state index contributed by atoms with van der Waals surface area (Å²) >= 11 is 0. The lowest BCUT2D eigenvalue weighted by molar-refractivity contribution is -0.162. The van der Waals surface area contributed by atoms with E-state index in [0.29, 0.717) is 31.9 Å². The molecule has 2 aromatic rings. The van der Waals surface area contributed by atoms with E-state index in [0.717, 1.165) is 11.3 Å². The summed E-state index contributed by atoms with van der Waals surface area (Å²) in [7, 11) is 1.59. The van der Waals surface area contributed by atoms with Crippen LogP contribution in [0.2, 0.25) is 0 Å². The third-order valence-corrected chi connectivity index (χ3v) is 4.41. The van der Waals surface area contributed by atoms with Crippen LogP contribution >= 0.6 is 0 Å². The molecule has 0 bridgehead atoms. The molecule has 1 saturated heterocycles. The molecule has 6 nitrogen and oxygen atoms in total. The van der Waals surface area contributed by atoms with E-state index in [1.807, 2.05) is 18.2 Å². The Kier molecular flexibility index (Phi) is 6.44. The Morgan fingerprint density at radius 3 is 2.33 bits per heavy atom. The zero-order valence-electron chi connectivity index (χ0n) is 15.3. The van der Waals surface area contributed by atoms with Crippen LogP contribution in [0, 0.1) is 0 Å². The van der Waals surface area contributed by atoms with E-state index in [1.54, 1.807) is 48.4 Å². The summed E-state index contributed by atoms with van der Waals surface area (Å²) in [6.45, 7) is 1.98. The number of carbonyl (C=O) groups is 2. The molecule has 1 fully saturated rings. The Balaban J connectivity index is 1.72. The van der Waals surface area contributed by atoms with Crippen molar-refractivity contribution in [3.05, 3.63) is 65.7 Å².